The second-order valence-corrected chi connectivity index (χ2v) is 2.87. The zero-order valence-electron chi connectivity index (χ0n) is 7.40. The first-order valence-electron chi connectivity index (χ1n) is 4.04. The molecular weight excluding hydrogens is 200 g/mol. The molecule has 0 aliphatic carbocycles. The summed E-state index contributed by atoms with van der Waals surface area (Å²) < 4.78 is 0. The van der Waals surface area contributed by atoms with Gasteiger partial charge in [0.15, 0.2) is 11.5 Å². The van der Waals surface area contributed by atoms with Crippen LogP contribution in [0.3, 0.4) is 0 Å². The Morgan fingerprint density at radius 1 is 1.36 bits per heavy atom. The number of nitrogens with zero attached hydrogens (tertiary/aromatic N) is 1. The van der Waals surface area contributed by atoms with Crippen LogP contribution in [0.4, 0.5) is 0 Å². The maximum absolute atomic E-state index is 9.18. The lowest BCUT2D eigenvalue weighted by Gasteiger charge is -2.02. The molecule has 14 heavy (non-hydrogen) atoms. The normalized spacial score (nSPS) is 9.14. The summed E-state index contributed by atoms with van der Waals surface area (Å²) >= 11 is 4.37. The van der Waals surface area contributed by atoms with Crippen LogP contribution in [0.25, 0.3) is 0 Å². The minimum absolute atomic E-state index is 0.110. The van der Waals surface area contributed by atoms with Gasteiger partial charge in [0.2, 0.25) is 0 Å². The van der Waals surface area contributed by atoms with Gasteiger partial charge < -0.3 is 15.6 Å². The van der Waals surface area contributed by atoms with Crippen molar-refractivity contribution in [3.05, 3.63) is 23.8 Å². The van der Waals surface area contributed by atoms with Gasteiger partial charge in [-0.05, 0) is 36.3 Å². The van der Waals surface area contributed by atoms with E-state index in [0.29, 0.717) is 13.0 Å². The van der Waals surface area contributed by atoms with E-state index in [9.17, 15) is 5.11 Å². The maximum atomic E-state index is 9.18. The third-order valence-corrected chi connectivity index (χ3v) is 1.78. The van der Waals surface area contributed by atoms with Crippen LogP contribution in [0.15, 0.2) is 23.3 Å². The van der Waals surface area contributed by atoms with E-state index in [-0.39, 0.29) is 11.5 Å². The first kappa shape index (κ1) is 10.5. The number of phenols is 2. The molecule has 1 aromatic carbocycles. The Labute approximate surface area is 86.9 Å². The molecule has 0 bridgehead atoms. The quantitative estimate of drug-likeness (QED) is 0.230. The van der Waals surface area contributed by atoms with E-state index in [0.717, 1.165) is 5.56 Å². The van der Waals surface area contributed by atoms with Crippen molar-refractivity contribution in [3.8, 4) is 11.5 Å². The summed E-state index contributed by atoms with van der Waals surface area (Å²) in [5.41, 5.74) is 3.59. The molecule has 0 atom stereocenters. The molecule has 0 radical (unpaired) electrons. The minimum atomic E-state index is -0.112. The molecule has 0 spiro atoms. The van der Waals surface area contributed by atoms with Gasteiger partial charge in [-0.1, -0.05) is 6.07 Å². The largest absolute Gasteiger partial charge is 0.504 e. The van der Waals surface area contributed by atoms with Crippen LogP contribution in [0.5, 0.6) is 11.5 Å². The van der Waals surface area contributed by atoms with Crippen LogP contribution >= 0.6 is 12.2 Å². The van der Waals surface area contributed by atoms with Crippen molar-refractivity contribution in [3.63, 3.8) is 0 Å². The van der Waals surface area contributed by atoms with Gasteiger partial charge >= 0.3 is 0 Å². The molecule has 0 aliphatic rings. The van der Waals surface area contributed by atoms with Gasteiger partial charge in [-0.25, -0.2) is 0 Å². The molecule has 0 saturated carbocycles. The van der Waals surface area contributed by atoms with Crippen LogP contribution in [-0.2, 0) is 6.42 Å². The van der Waals surface area contributed by atoms with Gasteiger partial charge in [0.1, 0.15) is 0 Å². The van der Waals surface area contributed by atoms with Crippen molar-refractivity contribution in [1.29, 1.82) is 0 Å². The number of nitrogens with one attached hydrogen (secondary N) is 1. The second-order valence-electron chi connectivity index (χ2n) is 2.68. The summed E-state index contributed by atoms with van der Waals surface area (Å²) in [5.74, 6) is -0.223. The Morgan fingerprint density at radius 2 is 2.14 bits per heavy atom. The number of hydrogen-bond donors (Lipinski definition) is 3. The summed E-state index contributed by atoms with van der Waals surface area (Å²) in [4.78, 5) is 0. The summed E-state index contributed by atoms with van der Waals surface area (Å²) in [5, 5.41) is 23.9. The lowest BCUT2D eigenvalue weighted by Crippen LogP contribution is -2.09. The number of aromatic hydroxyl groups is 2. The van der Waals surface area contributed by atoms with Gasteiger partial charge in [-0.2, -0.15) is 0 Å². The number of hydrogen-bond acceptors (Lipinski definition) is 5. The fraction of sp³-hybridized carbons (Fsp3) is 0.222. The highest BCUT2D eigenvalue weighted by molar-refractivity contribution is 7.78. The lowest BCUT2D eigenvalue weighted by molar-refractivity contribution is 0.403. The summed E-state index contributed by atoms with van der Waals surface area (Å²) in [6.07, 6.45) is 0.689. The number of phenolic OH excluding ortho intramolecular Hbond substituents is 2. The summed E-state index contributed by atoms with van der Waals surface area (Å²) in [6.45, 7) is 0.605. The molecule has 4 nitrogen and oxygen atoms in total. The number of hydrazone groups is 1. The third kappa shape index (κ3) is 3.05. The standard InChI is InChI=1S/C9H10N2O2S/c12-8-2-1-7(5-9(8)13)3-4-10-11-6-14/h1-2,5,10,12-13H,3-4H2. The highest BCUT2D eigenvalue weighted by Crippen LogP contribution is 2.24. The Hall–Kier alpha value is -1.58. The van der Waals surface area contributed by atoms with Crippen molar-refractivity contribution in [2.24, 2.45) is 5.10 Å². The van der Waals surface area contributed by atoms with Crippen LogP contribution < -0.4 is 5.43 Å². The average molecular weight is 210 g/mol. The topological polar surface area (TPSA) is 64.8 Å². The van der Waals surface area contributed by atoms with Crippen molar-refractivity contribution in [2.75, 3.05) is 6.54 Å². The molecule has 0 aliphatic heterocycles. The van der Waals surface area contributed by atoms with Gasteiger partial charge in [0.05, 0.1) is 5.16 Å². The van der Waals surface area contributed by atoms with Gasteiger partial charge in [-0.3, -0.25) is 0 Å². The summed E-state index contributed by atoms with van der Waals surface area (Å²) in [7, 11) is 0. The molecule has 0 aromatic heterocycles. The molecule has 5 heteroatoms. The molecule has 0 heterocycles. The van der Waals surface area contributed by atoms with Crippen molar-refractivity contribution < 1.29 is 10.2 Å². The molecule has 1 rings (SSSR count). The maximum Gasteiger partial charge on any atom is 0.157 e. The van der Waals surface area contributed by atoms with E-state index in [2.05, 4.69) is 27.9 Å². The van der Waals surface area contributed by atoms with E-state index < -0.39 is 0 Å². The van der Waals surface area contributed by atoms with Gasteiger partial charge in [0.25, 0.3) is 0 Å². The predicted molar refractivity (Wildman–Crippen MR) is 56.5 cm³/mol. The molecule has 3 N–H and O–H groups in total. The Morgan fingerprint density at radius 3 is 2.79 bits per heavy atom. The van der Waals surface area contributed by atoms with Crippen LogP contribution in [0.2, 0.25) is 0 Å². The monoisotopic (exact) mass is 210 g/mol. The predicted octanol–water partition coefficient (Wildman–Crippen LogP) is 1.25. The average Bonchev–Trinajstić information content (AvgIpc) is 2.18. The van der Waals surface area contributed by atoms with Crippen molar-refractivity contribution >= 4 is 17.4 Å². The SMILES string of the molecule is Oc1ccc(CCNN=C=S)cc1O. The molecule has 0 saturated heterocycles. The van der Waals surface area contributed by atoms with Gasteiger partial charge in [0, 0.05) is 6.54 Å². The third-order valence-electron chi connectivity index (χ3n) is 1.69. The molecule has 0 fully saturated rings. The molecule has 74 valence electrons. The highest BCUT2D eigenvalue weighted by atomic mass is 32.1. The van der Waals surface area contributed by atoms with E-state index >= 15 is 0 Å². The molecule has 0 amide bonds. The smallest absolute Gasteiger partial charge is 0.157 e. The molecule has 0 unspecified atom stereocenters. The first-order valence-corrected chi connectivity index (χ1v) is 4.45. The Bertz CT molecular complexity index is 362. The number of benzene rings is 1. The van der Waals surface area contributed by atoms with Crippen molar-refractivity contribution in [2.45, 2.75) is 6.42 Å². The zero-order valence-corrected chi connectivity index (χ0v) is 8.21. The lowest BCUT2D eigenvalue weighted by atomic mass is 10.1. The van der Waals surface area contributed by atoms with Crippen molar-refractivity contribution in [1.82, 2.24) is 5.43 Å². The van der Waals surface area contributed by atoms with Crippen LogP contribution in [0.1, 0.15) is 5.56 Å². The van der Waals surface area contributed by atoms with E-state index in [1.807, 2.05) is 0 Å². The summed E-state index contributed by atoms with van der Waals surface area (Å²) in [6, 6.07) is 4.70. The van der Waals surface area contributed by atoms with Crippen LogP contribution in [-0.4, -0.2) is 21.9 Å². The fourth-order valence-electron chi connectivity index (χ4n) is 1.01. The molecular formula is C9H10N2O2S. The zero-order chi connectivity index (χ0) is 10.4. The Kier molecular flexibility index (Phi) is 3.91. The first-order chi connectivity index (χ1) is 6.74. The van der Waals surface area contributed by atoms with E-state index in [1.165, 1.54) is 12.1 Å². The fourth-order valence-corrected chi connectivity index (χ4v) is 1.08. The van der Waals surface area contributed by atoms with E-state index in [1.54, 1.807) is 6.07 Å². The van der Waals surface area contributed by atoms with Crippen LogP contribution in [0, 0.1) is 0 Å². The minimum Gasteiger partial charge on any atom is -0.504 e. The van der Waals surface area contributed by atoms with Gasteiger partial charge in [-0.15, -0.1) is 5.10 Å². The number of isothiocyanates is 1. The van der Waals surface area contributed by atoms with E-state index in [4.69, 9.17) is 5.11 Å². The highest BCUT2D eigenvalue weighted by Gasteiger charge is 1.99. The number of rotatable bonds is 4. The molecule has 1 aromatic rings. The number of thiocarbonyl (C=S) groups is 1. The Balaban J connectivity index is 2.51. The second kappa shape index (κ2) is 5.21.